The maximum atomic E-state index is 13.6. The van der Waals surface area contributed by atoms with Gasteiger partial charge in [-0.1, -0.05) is 28.9 Å². The topological polar surface area (TPSA) is 85.8 Å². The second kappa shape index (κ2) is 7.53. The van der Waals surface area contributed by atoms with Gasteiger partial charge in [0.25, 0.3) is 5.91 Å². The van der Waals surface area contributed by atoms with Crippen LogP contribution < -0.4 is 15.1 Å². The third-order valence-corrected chi connectivity index (χ3v) is 5.48. The van der Waals surface area contributed by atoms with Crippen LogP contribution in [0.4, 0.5) is 5.82 Å². The molecule has 1 atom stereocenters. The minimum atomic E-state index is -0.766. The van der Waals surface area contributed by atoms with Crippen molar-refractivity contribution in [3.05, 3.63) is 86.4 Å². The number of ether oxygens (including phenoxy) is 1. The van der Waals surface area contributed by atoms with E-state index in [0.717, 1.165) is 0 Å². The van der Waals surface area contributed by atoms with E-state index >= 15 is 0 Å². The molecule has 0 spiro atoms. The Kier molecular flexibility index (Phi) is 4.78. The summed E-state index contributed by atoms with van der Waals surface area (Å²) < 4.78 is 17.0. The van der Waals surface area contributed by atoms with Gasteiger partial charge in [0.05, 0.1) is 23.1 Å². The van der Waals surface area contributed by atoms with Gasteiger partial charge in [-0.15, -0.1) is 0 Å². The van der Waals surface area contributed by atoms with Crippen molar-refractivity contribution in [3.63, 3.8) is 0 Å². The number of halogens is 1. The number of rotatable bonds is 4. The summed E-state index contributed by atoms with van der Waals surface area (Å²) in [5.74, 6) is 0.965. The second-order valence-corrected chi connectivity index (χ2v) is 8.36. The first-order valence-electron chi connectivity index (χ1n) is 10.1. The maximum absolute atomic E-state index is 13.6. The standard InChI is InChI=1S/C24H19ClN2O5/c1-12(2)30-16-6-4-5-14(10-16)21-20-22(28)17-11-15(25)7-8-18(17)31-23(20)24(29)27(21)19-9-13(3)32-26-19/h4-12,21H,1-3H3. The van der Waals surface area contributed by atoms with Crippen molar-refractivity contribution in [1.29, 1.82) is 0 Å². The van der Waals surface area contributed by atoms with E-state index in [1.165, 1.54) is 4.90 Å². The second-order valence-electron chi connectivity index (χ2n) is 7.93. The Balaban J connectivity index is 1.78. The summed E-state index contributed by atoms with van der Waals surface area (Å²) in [6, 6.07) is 12.9. The number of aromatic nitrogens is 1. The van der Waals surface area contributed by atoms with Crippen LogP contribution in [0.15, 0.2) is 62.3 Å². The number of carbonyl (C=O) groups is 1. The molecule has 5 rings (SSSR count). The monoisotopic (exact) mass is 450 g/mol. The number of hydrogen-bond donors (Lipinski definition) is 0. The van der Waals surface area contributed by atoms with E-state index in [0.29, 0.717) is 38.9 Å². The van der Waals surface area contributed by atoms with Gasteiger partial charge in [-0.3, -0.25) is 14.5 Å². The summed E-state index contributed by atoms with van der Waals surface area (Å²) in [7, 11) is 0. The molecule has 4 aromatic rings. The fourth-order valence-corrected chi connectivity index (χ4v) is 4.17. The van der Waals surface area contributed by atoms with E-state index in [9.17, 15) is 9.59 Å². The number of nitrogens with zero attached hydrogens (tertiary/aromatic N) is 2. The van der Waals surface area contributed by atoms with Crippen LogP contribution >= 0.6 is 11.6 Å². The van der Waals surface area contributed by atoms with Crippen LogP contribution in [0.3, 0.4) is 0 Å². The lowest BCUT2D eigenvalue weighted by Crippen LogP contribution is -2.29. The lowest BCUT2D eigenvalue weighted by molar-refractivity contribution is 0.0969. The first-order valence-corrected chi connectivity index (χ1v) is 10.5. The van der Waals surface area contributed by atoms with E-state index in [-0.39, 0.29) is 22.9 Å². The molecule has 0 N–H and O–H groups in total. The molecule has 1 amide bonds. The fraction of sp³-hybridized carbons (Fsp3) is 0.208. The predicted octanol–water partition coefficient (Wildman–Crippen LogP) is 5.28. The molecule has 7 nitrogen and oxygen atoms in total. The number of aryl methyl sites for hydroxylation is 1. The Bertz CT molecular complexity index is 1420. The SMILES string of the molecule is Cc1cc(N2C(=O)c3oc4ccc(Cl)cc4c(=O)c3C2c2cccc(OC(C)C)c2)no1. The number of hydrogen-bond acceptors (Lipinski definition) is 6. The third-order valence-electron chi connectivity index (χ3n) is 5.24. The van der Waals surface area contributed by atoms with Crippen LogP contribution in [0.2, 0.25) is 5.02 Å². The molecule has 3 heterocycles. The smallest absolute Gasteiger partial charge is 0.296 e. The zero-order valence-electron chi connectivity index (χ0n) is 17.6. The highest BCUT2D eigenvalue weighted by Crippen LogP contribution is 2.41. The number of anilines is 1. The minimum absolute atomic E-state index is 0.0225. The molecule has 1 aliphatic rings. The molecule has 0 radical (unpaired) electrons. The number of carbonyl (C=O) groups excluding carboxylic acids is 1. The molecule has 0 bridgehead atoms. The summed E-state index contributed by atoms with van der Waals surface area (Å²) in [5, 5.41) is 4.74. The summed E-state index contributed by atoms with van der Waals surface area (Å²) in [4.78, 5) is 28.5. The molecule has 1 unspecified atom stereocenters. The van der Waals surface area contributed by atoms with Gasteiger partial charge in [-0.2, -0.15) is 0 Å². The Labute approximate surface area is 188 Å². The van der Waals surface area contributed by atoms with E-state index in [4.69, 9.17) is 25.3 Å². The van der Waals surface area contributed by atoms with E-state index < -0.39 is 11.9 Å². The van der Waals surface area contributed by atoms with Gasteiger partial charge in [0.15, 0.2) is 11.2 Å². The van der Waals surface area contributed by atoms with Gasteiger partial charge in [-0.05, 0) is 56.7 Å². The van der Waals surface area contributed by atoms with Gasteiger partial charge in [-0.25, -0.2) is 0 Å². The average molecular weight is 451 g/mol. The van der Waals surface area contributed by atoms with Crippen molar-refractivity contribution in [2.75, 3.05) is 4.90 Å². The highest BCUT2D eigenvalue weighted by molar-refractivity contribution is 6.31. The quantitative estimate of drug-likeness (QED) is 0.420. The number of benzene rings is 2. The van der Waals surface area contributed by atoms with Crippen molar-refractivity contribution >= 4 is 34.3 Å². The molecule has 0 saturated carbocycles. The first kappa shape index (κ1) is 20.3. The highest BCUT2D eigenvalue weighted by Gasteiger charge is 2.45. The summed E-state index contributed by atoms with van der Waals surface area (Å²) >= 11 is 6.12. The van der Waals surface area contributed by atoms with Crippen LogP contribution in [0.1, 0.15) is 47.3 Å². The van der Waals surface area contributed by atoms with E-state index in [1.54, 1.807) is 31.2 Å². The molecule has 162 valence electrons. The van der Waals surface area contributed by atoms with E-state index in [1.807, 2.05) is 38.1 Å². The Morgan fingerprint density at radius 1 is 1.12 bits per heavy atom. The predicted molar refractivity (Wildman–Crippen MR) is 120 cm³/mol. The van der Waals surface area contributed by atoms with Crippen molar-refractivity contribution in [2.24, 2.45) is 0 Å². The summed E-state index contributed by atoms with van der Waals surface area (Å²) in [5.41, 5.74) is 0.886. The molecule has 0 saturated heterocycles. The van der Waals surface area contributed by atoms with Crippen molar-refractivity contribution in [3.8, 4) is 5.75 Å². The van der Waals surface area contributed by atoms with E-state index in [2.05, 4.69) is 5.16 Å². The van der Waals surface area contributed by atoms with Crippen LogP contribution in [0.5, 0.6) is 5.75 Å². The average Bonchev–Trinajstić information content (AvgIpc) is 3.29. The number of fused-ring (bicyclic) bond motifs is 2. The van der Waals surface area contributed by atoms with Gasteiger partial charge in [0.2, 0.25) is 5.76 Å². The van der Waals surface area contributed by atoms with Gasteiger partial charge in [0.1, 0.15) is 17.1 Å². The fourth-order valence-electron chi connectivity index (χ4n) is 3.99. The zero-order valence-corrected chi connectivity index (χ0v) is 18.3. The molecular formula is C24H19ClN2O5. The van der Waals surface area contributed by atoms with Gasteiger partial charge in [0, 0.05) is 11.1 Å². The molecule has 32 heavy (non-hydrogen) atoms. The van der Waals surface area contributed by atoms with Crippen molar-refractivity contribution in [2.45, 2.75) is 32.9 Å². The lowest BCUT2D eigenvalue weighted by Gasteiger charge is -2.23. The van der Waals surface area contributed by atoms with Gasteiger partial charge >= 0.3 is 0 Å². The molecule has 1 aliphatic heterocycles. The summed E-state index contributed by atoms with van der Waals surface area (Å²) in [6.07, 6.45) is -0.0341. The Morgan fingerprint density at radius 3 is 2.66 bits per heavy atom. The molecule has 2 aromatic carbocycles. The highest BCUT2D eigenvalue weighted by atomic mass is 35.5. The third kappa shape index (κ3) is 3.26. The molecular weight excluding hydrogens is 432 g/mol. The largest absolute Gasteiger partial charge is 0.491 e. The van der Waals surface area contributed by atoms with Crippen molar-refractivity contribution in [1.82, 2.24) is 5.16 Å². The Morgan fingerprint density at radius 2 is 1.94 bits per heavy atom. The molecule has 2 aromatic heterocycles. The van der Waals surface area contributed by atoms with Crippen LogP contribution in [0.25, 0.3) is 11.0 Å². The molecule has 8 heteroatoms. The minimum Gasteiger partial charge on any atom is -0.491 e. The van der Waals surface area contributed by atoms with Crippen molar-refractivity contribution < 1.29 is 18.5 Å². The molecule has 0 aliphatic carbocycles. The summed E-state index contributed by atoms with van der Waals surface area (Å²) in [6.45, 7) is 5.59. The number of amides is 1. The van der Waals surface area contributed by atoms with Crippen LogP contribution in [0, 0.1) is 6.92 Å². The maximum Gasteiger partial charge on any atom is 0.296 e. The lowest BCUT2D eigenvalue weighted by atomic mass is 9.98. The van der Waals surface area contributed by atoms with Gasteiger partial charge < -0.3 is 13.7 Å². The molecule has 0 fully saturated rings. The van der Waals surface area contributed by atoms with Crippen LogP contribution in [-0.4, -0.2) is 17.2 Å². The normalized spacial score (nSPS) is 15.6. The van der Waals surface area contributed by atoms with Crippen LogP contribution in [-0.2, 0) is 0 Å². The zero-order chi connectivity index (χ0) is 22.6. The Hall–Kier alpha value is -3.58. The first-order chi connectivity index (χ1) is 15.3.